The van der Waals surface area contributed by atoms with Gasteiger partial charge in [0, 0.05) is 0 Å². The Balaban J connectivity index is 3.98. The number of unbranched alkanes of at least 4 members (excludes halogenated alkanes) is 2. The molecule has 0 aromatic rings. The largest absolute Gasteiger partial charge is 0.386 e. The first kappa shape index (κ1) is 12.7. The zero-order chi connectivity index (χ0) is 10.3. The van der Waals surface area contributed by atoms with Crippen LogP contribution in [0, 0.1) is 0 Å². The Morgan fingerprint density at radius 1 is 1.31 bits per heavy atom. The van der Waals surface area contributed by atoms with Crippen molar-refractivity contribution in [3.8, 4) is 0 Å². The molecule has 0 aliphatic carbocycles. The molecule has 0 spiro atoms. The molecule has 13 heavy (non-hydrogen) atoms. The Labute approximate surface area is 82.9 Å². The Bertz CT molecular complexity index is 157. The minimum atomic E-state index is -0.578. The molecule has 1 heteroatoms. The summed E-state index contributed by atoms with van der Waals surface area (Å²) in [4.78, 5) is 0. The number of hydrogen-bond donors (Lipinski definition) is 1. The van der Waals surface area contributed by atoms with Crippen molar-refractivity contribution in [2.75, 3.05) is 0 Å². The standard InChI is InChI=1S/C12H24O/c1-5-7-8-10-12(4,13)11(3)9-6-2/h9,13H,5-8,10H2,1-4H3. The summed E-state index contributed by atoms with van der Waals surface area (Å²) in [6, 6.07) is 0. The normalized spacial score (nSPS) is 17.2. The molecule has 0 saturated carbocycles. The maximum atomic E-state index is 10.1. The summed E-state index contributed by atoms with van der Waals surface area (Å²) in [6.45, 7) is 8.23. The van der Waals surface area contributed by atoms with Crippen molar-refractivity contribution < 1.29 is 5.11 Å². The number of allylic oxidation sites excluding steroid dienone is 1. The lowest BCUT2D eigenvalue weighted by Gasteiger charge is -2.24. The molecule has 1 unspecified atom stereocenters. The summed E-state index contributed by atoms with van der Waals surface area (Å²) in [5, 5.41) is 10.1. The highest BCUT2D eigenvalue weighted by Gasteiger charge is 2.20. The highest BCUT2D eigenvalue weighted by molar-refractivity contribution is 5.11. The van der Waals surface area contributed by atoms with Gasteiger partial charge in [-0.15, -0.1) is 0 Å². The molecular weight excluding hydrogens is 160 g/mol. The molecule has 1 N–H and O–H groups in total. The van der Waals surface area contributed by atoms with Gasteiger partial charge in [0.25, 0.3) is 0 Å². The molecule has 1 nitrogen and oxygen atoms in total. The molecule has 0 aliphatic rings. The van der Waals surface area contributed by atoms with Gasteiger partial charge in [0.2, 0.25) is 0 Å². The fourth-order valence-corrected chi connectivity index (χ4v) is 1.44. The highest BCUT2D eigenvalue weighted by Crippen LogP contribution is 2.23. The quantitative estimate of drug-likeness (QED) is 0.493. The Kier molecular flexibility index (Phi) is 6.06. The maximum absolute atomic E-state index is 10.1. The van der Waals surface area contributed by atoms with E-state index in [0.29, 0.717) is 0 Å². The molecule has 0 aliphatic heterocycles. The lowest BCUT2D eigenvalue weighted by atomic mass is 9.90. The van der Waals surface area contributed by atoms with Crippen molar-refractivity contribution in [3.63, 3.8) is 0 Å². The van der Waals surface area contributed by atoms with Crippen LogP contribution in [-0.4, -0.2) is 10.7 Å². The summed E-state index contributed by atoms with van der Waals surface area (Å²) in [5.41, 5.74) is 0.539. The van der Waals surface area contributed by atoms with Crippen molar-refractivity contribution >= 4 is 0 Å². The van der Waals surface area contributed by atoms with E-state index in [1.165, 1.54) is 12.8 Å². The van der Waals surface area contributed by atoms with E-state index in [1.54, 1.807) is 0 Å². The van der Waals surface area contributed by atoms with E-state index in [2.05, 4.69) is 19.9 Å². The van der Waals surface area contributed by atoms with Gasteiger partial charge in [-0.05, 0) is 32.3 Å². The third-order valence-corrected chi connectivity index (χ3v) is 2.63. The van der Waals surface area contributed by atoms with Crippen LogP contribution in [0.4, 0.5) is 0 Å². The van der Waals surface area contributed by atoms with Crippen LogP contribution in [0.2, 0.25) is 0 Å². The summed E-state index contributed by atoms with van der Waals surface area (Å²) >= 11 is 0. The number of rotatable bonds is 6. The lowest BCUT2D eigenvalue weighted by Crippen LogP contribution is -2.25. The summed E-state index contributed by atoms with van der Waals surface area (Å²) in [6.07, 6.45) is 7.57. The molecule has 0 heterocycles. The van der Waals surface area contributed by atoms with E-state index < -0.39 is 5.60 Å². The highest BCUT2D eigenvalue weighted by atomic mass is 16.3. The van der Waals surface area contributed by atoms with Gasteiger partial charge in [-0.25, -0.2) is 0 Å². The number of aliphatic hydroxyl groups is 1. The predicted octanol–water partition coefficient (Wildman–Crippen LogP) is 3.67. The topological polar surface area (TPSA) is 20.2 Å². The van der Waals surface area contributed by atoms with Crippen molar-refractivity contribution in [2.24, 2.45) is 0 Å². The van der Waals surface area contributed by atoms with Crippen molar-refractivity contribution in [1.82, 2.24) is 0 Å². The summed E-state index contributed by atoms with van der Waals surface area (Å²) in [7, 11) is 0. The minimum absolute atomic E-state index is 0.578. The maximum Gasteiger partial charge on any atom is 0.0826 e. The fraction of sp³-hybridized carbons (Fsp3) is 0.833. The van der Waals surface area contributed by atoms with Gasteiger partial charge in [-0.1, -0.05) is 39.2 Å². The zero-order valence-electron chi connectivity index (χ0n) is 9.56. The lowest BCUT2D eigenvalue weighted by molar-refractivity contribution is 0.0856. The zero-order valence-corrected chi connectivity index (χ0v) is 9.56. The van der Waals surface area contributed by atoms with Gasteiger partial charge in [0.05, 0.1) is 5.60 Å². The van der Waals surface area contributed by atoms with Crippen LogP contribution in [-0.2, 0) is 0 Å². The average molecular weight is 184 g/mol. The second-order valence-electron chi connectivity index (χ2n) is 4.03. The van der Waals surface area contributed by atoms with Crippen LogP contribution in [0.15, 0.2) is 11.6 Å². The van der Waals surface area contributed by atoms with Crippen LogP contribution < -0.4 is 0 Å². The monoisotopic (exact) mass is 184 g/mol. The van der Waals surface area contributed by atoms with Crippen molar-refractivity contribution in [2.45, 2.75) is 65.4 Å². The molecule has 0 aromatic carbocycles. The smallest absolute Gasteiger partial charge is 0.0826 e. The molecule has 0 rings (SSSR count). The molecule has 0 radical (unpaired) electrons. The van der Waals surface area contributed by atoms with Crippen molar-refractivity contribution in [1.29, 1.82) is 0 Å². The molecule has 78 valence electrons. The molecule has 0 fully saturated rings. The Morgan fingerprint density at radius 2 is 1.92 bits per heavy atom. The van der Waals surface area contributed by atoms with E-state index in [-0.39, 0.29) is 0 Å². The third-order valence-electron chi connectivity index (χ3n) is 2.63. The second-order valence-corrected chi connectivity index (χ2v) is 4.03. The van der Waals surface area contributed by atoms with Gasteiger partial charge in [0.1, 0.15) is 0 Å². The van der Waals surface area contributed by atoms with Crippen LogP contribution in [0.25, 0.3) is 0 Å². The third kappa shape index (κ3) is 5.09. The van der Waals surface area contributed by atoms with E-state index >= 15 is 0 Å². The molecule has 0 aromatic heterocycles. The molecule has 0 saturated heterocycles. The summed E-state index contributed by atoms with van der Waals surface area (Å²) in [5.74, 6) is 0. The van der Waals surface area contributed by atoms with E-state index in [0.717, 1.165) is 24.8 Å². The first-order valence-electron chi connectivity index (χ1n) is 5.44. The first-order chi connectivity index (χ1) is 6.04. The predicted molar refractivity (Wildman–Crippen MR) is 58.8 cm³/mol. The van der Waals surface area contributed by atoms with E-state index in [4.69, 9.17) is 0 Å². The summed E-state index contributed by atoms with van der Waals surface area (Å²) < 4.78 is 0. The average Bonchev–Trinajstić information content (AvgIpc) is 2.05. The second kappa shape index (κ2) is 6.20. The van der Waals surface area contributed by atoms with Gasteiger partial charge in [-0.2, -0.15) is 0 Å². The van der Waals surface area contributed by atoms with Gasteiger partial charge < -0.3 is 5.11 Å². The van der Waals surface area contributed by atoms with E-state index in [9.17, 15) is 5.11 Å². The SMILES string of the molecule is CCC=C(C)C(C)(O)CCCCC. The van der Waals surface area contributed by atoms with Crippen LogP contribution in [0.3, 0.4) is 0 Å². The molecular formula is C12H24O. The Hall–Kier alpha value is -0.300. The first-order valence-corrected chi connectivity index (χ1v) is 5.44. The number of hydrogen-bond acceptors (Lipinski definition) is 1. The van der Waals surface area contributed by atoms with Gasteiger partial charge in [0.15, 0.2) is 0 Å². The molecule has 1 atom stereocenters. The van der Waals surface area contributed by atoms with E-state index in [1.807, 2.05) is 13.8 Å². The van der Waals surface area contributed by atoms with Gasteiger partial charge in [-0.3, -0.25) is 0 Å². The van der Waals surface area contributed by atoms with Gasteiger partial charge >= 0.3 is 0 Å². The fourth-order valence-electron chi connectivity index (χ4n) is 1.44. The van der Waals surface area contributed by atoms with Crippen LogP contribution >= 0.6 is 0 Å². The van der Waals surface area contributed by atoms with Crippen LogP contribution in [0.5, 0.6) is 0 Å². The minimum Gasteiger partial charge on any atom is -0.386 e. The molecule has 0 amide bonds. The van der Waals surface area contributed by atoms with Crippen LogP contribution in [0.1, 0.15) is 59.8 Å². The Morgan fingerprint density at radius 3 is 2.38 bits per heavy atom. The van der Waals surface area contributed by atoms with Crippen molar-refractivity contribution in [3.05, 3.63) is 11.6 Å². The molecule has 0 bridgehead atoms.